The van der Waals surface area contributed by atoms with Gasteiger partial charge in [0, 0.05) is 25.9 Å². The second-order valence-corrected chi connectivity index (χ2v) is 5.61. The third-order valence-corrected chi connectivity index (χ3v) is 4.14. The highest BCUT2D eigenvalue weighted by atomic mass is 19.1. The number of nitrogens with one attached hydrogen (secondary N) is 1. The molecule has 3 rings (SSSR count). The lowest BCUT2D eigenvalue weighted by atomic mass is 9.91. The highest BCUT2D eigenvalue weighted by Crippen LogP contribution is 2.29. The maximum absolute atomic E-state index is 13.1. The molecule has 2 fully saturated rings. The third-order valence-electron chi connectivity index (χ3n) is 4.14. The zero-order valence-corrected chi connectivity index (χ0v) is 11.6. The van der Waals surface area contributed by atoms with E-state index >= 15 is 0 Å². The maximum Gasteiger partial charge on any atom is 0.407 e. The Balaban J connectivity index is 1.57. The summed E-state index contributed by atoms with van der Waals surface area (Å²) in [6.07, 6.45) is 1.10. The Kier molecular flexibility index (Phi) is 3.53. The molecule has 0 saturated carbocycles. The Morgan fingerprint density at radius 2 is 2.14 bits per heavy atom. The molecule has 2 saturated heterocycles. The van der Waals surface area contributed by atoms with Gasteiger partial charge in [-0.3, -0.25) is 4.79 Å². The van der Waals surface area contributed by atoms with Gasteiger partial charge < -0.3 is 15.0 Å². The van der Waals surface area contributed by atoms with E-state index < -0.39 is 5.60 Å². The van der Waals surface area contributed by atoms with Crippen LogP contribution in [0.25, 0.3) is 0 Å². The normalized spacial score (nSPS) is 20.2. The number of carbonyl (C=O) groups is 2. The molecule has 0 unspecified atom stereocenters. The first-order chi connectivity index (χ1) is 10.1. The van der Waals surface area contributed by atoms with Gasteiger partial charge in [-0.25, -0.2) is 9.18 Å². The SMILES string of the molecule is O=C1NCC2(CCN(C(=O)Cc3cccc(F)c3)CC2)O1. The van der Waals surface area contributed by atoms with Gasteiger partial charge in [0.15, 0.2) is 0 Å². The van der Waals surface area contributed by atoms with E-state index in [9.17, 15) is 14.0 Å². The molecule has 0 aromatic heterocycles. The summed E-state index contributed by atoms with van der Waals surface area (Å²) in [5.74, 6) is -0.352. The van der Waals surface area contributed by atoms with Gasteiger partial charge in [0.05, 0.1) is 13.0 Å². The van der Waals surface area contributed by atoms with Gasteiger partial charge in [-0.2, -0.15) is 0 Å². The number of likely N-dealkylation sites (tertiary alicyclic amines) is 1. The fourth-order valence-corrected chi connectivity index (χ4v) is 2.88. The van der Waals surface area contributed by atoms with Crippen molar-refractivity contribution < 1.29 is 18.7 Å². The first-order valence-corrected chi connectivity index (χ1v) is 7.05. The highest BCUT2D eigenvalue weighted by Gasteiger charge is 2.43. The predicted molar refractivity (Wildman–Crippen MR) is 73.1 cm³/mol. The van der Waals surface area contributed by atoms with Gasteiger partial charge in [0.25, 0.3) is 0 Å². The number of halogens is 1. The summed E-state index contributed by atoms with van der Waals surface area (Å²) in [6, 6.07) is 6.09. The van der Waals surface area contributed by atoms with Gasteiger partial charge in [0.2, 0.25) is 5.91 Å². The molecule has 2 aliphatic heterocycles. The van der Waals surface area contributed by atoms with E-state index in [1.165, 1.54) is 12.1 Å². The fourth-order valence-electron chi connectivity index (χ4n) is 2.88. The molecule has 6 heteroatoms. The summed E-state index contributed by atoms with van der Waals surface area (Å²) in [5, 5.41) is 2.66. The lowest BCUT2D eigenvalue weighted by Crippen LogP contribution is -2.48. The third kappa shape index (κ3) is 2.99. The van der Waals surface area contributed by atoms with Crippen molar-refractivity contribution >= 4 is 12.0 Å². The molecule has 21 heavy (non-hydrogen) atoms. The lowest BCUT2D eigenvalue weighted by Gasteiger charge is -2.37. The van der Waals surface area contributed by atoms with Crippen LogP contribution in [-0.2, 0) is 16.0 Å². The first kappa shape index (κ1) is 13.9. The molecular weight excluding hydrogens is 275 g/mol. The molecule has 1 aromatic rings. The molecule has 1 N–H and O–H groups in total. The molecule has 2 amide bonds. The van der Waals surface area contributed by atoms with E-state index in [0.29, 0.717) is 38.0 Å². The smallest absolute Gasteiger partial charge is 0.407 e. The van der Waals surface area contributed by atoms with Crippen LogP contribution in [0, 0.1) is 5.82 Å². The van der Waals surface area contributed by atoms with Crippen LogP contribution in [0.5, 0.6) is 0 Å². The summed E-state index contributed by atoms with van der Waals surface area (Å²) >= 11 is 0. The van der Waals surface area contributed by atoms with E-state index in [0.717, 1.165) is 0 Å². The Bertz CT molecular complexity index is 568. The molecular formula is C15H17FN2O3. The fraction of sp³-hybridized carbons (Fsp3) is 0.467. The first-order valence-electron chi connectivity index (χ1n) is 7.05. The van der Waals surface area contributed by atoms with Crippen LogP contribution in [0.15, 0.2) is 24.3 Å². The number of piperidine rings is 1. The van der Waals surface area contributed by atoms with Crippen molar-refractivity contribution in [3.63, 3.8) is 0 Å². The largest absolute Gasteiger partial charge is 0.441 e. The van der Waals surface area contributed by atoms with E-state index in [1.54, 1.807) is 17.0 Å². The minimum atomic E-state index is -0.452. The van der Waals surface area contributed by atoms with Crippen molar-refractivity contribution in [2.45, 2.75) is 24.9 Å². The maximum atomic E-state index is 13.1. The molecule has 5 nitrogen and oxygen atoms in total. The summed E-state index contributed by atoms with van der Waals surface area (Å²) in [5.41, 5.74) is 0.224. The van der Waals surface area contributed by atoms with E-state index in [4.69, 9.17) is 4.74 Å². The highest BCUT2D eigenvalue weighted by molar-refractivity contribution is 5.79. The Labute approximate surface area is 122 Å². The summed E-state index contributed by atoms with van der Waals surface area (Å²) < 4.78 is 18.4. The van der Waals surface area contributed by atoms with Crippen molar-refractivity contribution in [2.24, 2.45) is 0 Å². The Hall–Kier alpha value is -2.11. The Morgan fingerprint density at radius 1 is 1.38 bits per heavy atom. The number of hydrogen-bond acceptors (Lipinski definition) is 3. The number of rotatable bonds is 2. The van der Waals surface area contributed by atoms with Gasteiger partial charge in [0.1, 0.15) is 11.4 Å². The summed E-state index contributed by atoms with van der Waals surface area (Å²) in [6.45, 7) is 1.63. The van der Waals surface area contributed by atoms with Gasteiger partial charge >= 0.3 is 6.09 Å². The van der Waals surface area contributed by atoms with Crippen LogP contribution in [-0.4, -0.2) is 42.1 Å². The summed E-state index contributed by atoms with van der Waals surface area (Å²) in [4.78, 5) is 25.1. The number of nitrogens with zero attached hydrogens (tertiary/aromatic N) is 1. The van der Waals surface area contributed by atoms with Gasteiger partial charge in [-0.15, -0.1) is 0 Å². The van der Waals surface area contributed by atoms with Crippen LogP contribution in [0.1, 0.15) is 18.4 Å². The average molecular weight is 292 g/mol. The van der Waals surface area contributed by atoms with Crippen molar-refractivity contribution in [2.75, 3.05) is 19.6 Å². The number of carbonyl (C=O) groups excluding carboxylic acids is 2. The molecule has 2 heterocycles. The van der Waals surface area contributed by atoms with Crippen molar-refractivity contribution in [1.29, 1.82) is 0 Å². The Morgan fingerprint density at radius 3 is 2.76 bits per heavy atom. The summed E-state index contributed by atoms with van der Waals surface area (Å²) in [7, 11) is 0. The number of benzene rings is 1. The molecule has 0 bridgehead atoms. The second-order valence-electron chi connectivity index (χ2n) is 5.61. The molecule has 0 radical (unpaired) electrons. The number of ether oxygens (including phenoxy) is 1. The number of alkyl carbamates (subject to hydrolysis) is 1. The lowest BCUT2D eigenvalue weighted by molar-refractivity contribution is -0.133. The average Bonchev–Trinajstić information content (AvgIpc) is 2.80. The van der Waals surface area contributed by atoms with Crippen molar-refractivity contribution in [3.05, 3.63) is 35.6 Å². The minimum absolute atomic E-state index is 0.0206. The van der Waals surface area contributed by atoms with Gasteiger partial charge in [-0.1, -0.05) is 12.1 Å². The zero-order valence-electron chi connectivity index (χ0n) is 11.6. The van der Waals surface area contributed by atoms with E-state index in [-0.39, 0.29) is 24.2 Å². The second kappa shape index (κ2) is 5.35. The zero-order chi connectivity index (χ0) is 14.9. The topological polar surface area (TPSA) is 58.6 Å². The molecule has 1 aromatic carbocycles. The van der Waals surface area contributed by atoms with Crippen LogP contribution in [0.3, 0.4) is 0 Å². The van der Waals surface area contributed by atoms with Crippen LogP contribution in [0.2, 0.25) is 0 Å². The van der Waals surface area contributed by atoms with Gasteiger partial charge in [-0.05, 0) is 17.7 Å². The van der Waals surface area contributed by atoms with Crippen molar-refractivity contribution in [1.82, 2.24) is 10.2 Å². The molecule has 0 aliphatic carbocycles. The predicted octanol–water partition coefficient (Wildman–Crippen LogP) is 1.47. The number of hydrogen-bond donors (Lipinski definition) is 1. The molecule has 1 spiro atoms. The monoisotopic (exact) mass is 292 g/mol. The molecule has 0 atom stereocenters. The standard InChI is InChI=1S/C15H17FN2O3/c16-12-3-1-2-11(8-12)9-13(19)18-6-4-15(5-7-18)10-17-14(20)21-15/h1-3,8H,4-7,9-10H2,(H,17,20). The van der Waals surface area contributed by atoms with E-state index in [2.05, 4.69) is 5.32 Å². The molecule has 2 aliphatic rings. The van der Waals surface area contributed by atoms with Crippen LogP contribution in [0.4, 0.5) is 9.18 Å². The minimum Gasteiger partial charge on any atom is -0.441 e. The van der Waals surface area contributed by atoms with Crippen LogP contribution < -0.4 is 5.32 Å². The van der Waals surface area contributed by atoms with Crippen LogP contribution >= 0.6 is 0 Å². The van der Waals surface area contributed by atoms with E-state index in [1.807, 2.05) is 0 Å². The van der Waals surface area contributed by atoms with Crippen molar-refractivity contribution in [3.8, 4) is 0 Å². The quantitative estimate of drug-likeness (QED) is 0.898. The molecule has 112 valence electrons. The number of amides is 2.